The summed E-state index contributed by atoms with van der Waals surface area (Å²) in [4.78, 5) is 15.3. The van der Waals surface area contributed by atoms with Crippen LogP contribution in [-0.4, -0.2) is 21.5 Å². The molecule has 0 atom stereocenters. The summed E-state index contributed by atoms with van der Waals surface area (Å²) in [6.07, 6.45) is 4.10. The van der Waals surface area contributed by atoms with Crippen molar-refractivity contribution in [1.82, 2.24) is 4.98 Å². The summed E-state index contributed by atoms with van der Waals surface area (Å²) in [6.45, 7) is 1.26. The first-order valence-electron chi connectivity index (χ1n) is 6.19. The number of aliphatic hydroxyl groups is 1. The molecule has 0 amide bonds. The molecule has 1 heterocycles. The smallest absolute Gasteiger partial charge is 0.154 e. The number of aromatic nitrogens is 1. The number of aliphatic hydroxyl groups excluding tert-OH is 1. The molecule has 0 bridgehead atoms. The molecular weight excluding hydrogens is 254 g/mol. The largest absolute Gasteiger partial charge is 0.505 e. The van der Waals surface area contributed by atoms with Gasteiger partial charge in [0.15, 0.2) is 6.29 Å². The Bertz CT molecular complexity index is 649. The second-order valence-corrected chi connectivity index (χ2v) is 4.34. The van der Waals surface area contributed by atoms with E-state index in [4.69, 9.17) is 0 Å². The fourth-order valence-corrected chi connectivity index (χ4v) is 1.95. The minimum absolute atomic E-state index is 0.0905. The highest BCUT2D eigenvalue weighted by Gasteiger charge is 2.14. The predicted octanol–water partition coefficient (Wildman–Crippen LogP) is 2.57. The number of benzene rings is 1. The van der Waals surface area contributed by atoms with Crippen molar-refractivity contribution in [1.29, 1.82) is 0 Å². The van der Waals surface area contributed by atoms with Gasteiger partial charge in [0.25, 0.3) is 0 Å². The zero-order chi connectivity index (χ0) is 14.5. The van der Waals surface area contributed by atoms with Gasteiger partial charge in [0, 0.05) is 5.56 Å². The number of carbonyl (C=O) groups is 1. The standard InChI is InChI=1S/C16H15NO3/c1-11-16(20)14(10-19)13(9-18)15(17-11)8-7-12-5-3-2-4-6-12/h2-8,10,18,20H,9H2,1H3/b8-7+. The molecule has 2 rings (SSSR count). The number of hydrogen-bond donors (Lipinski definition) is 2. The van der Waals surface area contributed by atoms with Crippen molar-refractivity contribution in [3.63, 3.8) is 0 Å². The maximum atomic E-state index is 11.1. The molecule has 4 nitrogen and oxygen atoms in total. The molecule has 0 radical (unpaired) electrons. The van der Waals surface area contributed by atoms with Crippen LogP contribution in [0.5, 0.6) is 5.75 Å². The van der Waals surface area contributed by atoms with E-state index >= 15 is 0 Å². The average Bonchev–Trinajstić information content (AvgIpc) is 2.48. The molecule has 2 N–H and O–H groups in total. The summed E-state index contributed by atoms with van der Waals surface area (Å²) >= 11 is 0. The minimum atomic E-state index is -0.358. The van der Waals surface area contributed by atoms with Crippen LogP contribution in [0, 0.1) is 6.92 Å². The van der Waals surface area contributed by atoms with Crippen molar-refractivity contribution in [2.75, 3.05) is 0 Å². The maximum absolute atomic E-state index is 11.1. The van der Waals surface area contributed by atoms with Crippen molar-refractivity contribution >= 4 is 18.4 Å². The summed E-state index contributed by atoms with van der Waals surface area (Å²) < 4.78 is 0. The van der Waals surface area contributed by atoms with Crippen LogP contribution in [-0.2, 0) is 6.61 Å². The Balaban J connectivity index is 2.49. The van der Waals surface area contributed by atoms with Gasteiger partial charge >= 0.3 is 0 Å². The second kappa shape index (κ2) is 6.12. The summed E-state index contributed by atoms with van der Waals surface area (Å²) in [5.41, 5.74) is 2.24. The first-order chi connectivity index (χ1) is 9.67. The fraction of sp³-hybridized carbons (Fsp3) is 0.125. The van der Waals surface area contributed by atoms with Gasteiger partial charge in [-0.15, -0.1) is 0 Å². The molecule has 0 fully saturated rings. The van der Waals surface area contributed by atoms with E-state index in [9.17, 15) is 15.0 Å². The Morgan fingerprint density at radius 1 is 1.20 bits per heavy atom. The van der Waals surface area contributed by atoms with Crippen molar-refractivity contribution in [3.05, 3.63) is 58.4 Å². The average molecular weight is 269 g/mol. The van der Waals surface area contributed by atoms with E-state index in [0.29, 0.717) is 23.2 Å². The molecule has 0 aliphatic rings. The molecule has 0 saturated carbocycles. The van der Waals surface area contributed by atoms with Gasteiger partial charge < -0.3 is 10.2 Å². The minimum Gasteiger partial charge on any atom is -0.505 e. The van der Waals surface area contributed by atoms with Crippen molar-refractivity contribution < 1.29 is 15.0 Å². The van der Waals surface area contributed by atoms with E-state index in [2.05, 4.69) is 4.98 Å². The van der Waals surface area contributed by atoms with E-state index in [-0.39, 0.29) is 17.9 Å². The maximum Gasteiger partial charge on any atom is 0.154 e. The van der Waals surface area contributed by atoms with E-state index in [1.54, 1.807) is 13.0 Å². The molecule has 2 aromatic rings. The third kappa shape index (κ3) is 2.75. The molecular formula is C16H15NO3. The second-order valence-electron chi connectivity index (χ2n) is 4.34. The van der Waals surface area contributed by atoms with Crippen LogP contribution in [0.4, 0.5) is 0 Å². The third-order valence-electron chi connectivity index (χ3n) is 3.03. The van der Waals surface area contributed by atoms with Crippen LogP contribution < -0.4 is 0 Å². The quantitative estimate of drug-likeness (QED) is 0.837. The van der Waals surface area contributed by atoms with Crippen LogP contribution >= 0.6 is 0 Å². The highest BCUT2D eigenvalue weighted by atomic mass is 16.3. The van der Waals surface area contributed by atoms with E-state index < -0.39 is 0 Å². The van der Waals surface area contributed by atoms with Crippen LogP contribution in [0.25, 0.3) is 12.2 Å². The molecule has 0 spiro atoms. The summed E-state index contributed by atoms with van der Waals surface area (Å²) in [5, 5.41) is 19.2. The number of pyridine rings is 1. The van der Waals surface area contributed by atoms with E-state index in [1.165, 1.54) is 0 Å². The van der Waals surface area contributed by atoms with Crippen LogP contribution in [0.15, 0.2) is 30.3 Å². The Morgan fingerprint density at radius 3 is 2.50 bits per heavy atom. The zero-order valence-corrected chi connectivity index (χ0v) is 11.1. The van der Waals surface area contributed by atoms with Gasteiger partial charge in [-0.2, -0.15) is 0 Å². The van der Waals surface area contributed by atoms with Crippen LogP contribution in [0.2, 0.25) is 0 Å². The Hall–Kier alpha value is -2.46. The molecule has 20 heavy (non-hydrogen) atoms. The molecule has 0 unspecified atom stereocenters. The molecule has 1 aromatic carbocycles. The lowest BCUT2D eigenvalue weighted by atomic mass is 10.0. The molecule has 0 saturated heterocycles. The molecule has 0 aliphatic carbocycles. The van der Waals surface area contributed by atoms with Crippen LogP contribution in [0.3, 0.4) is 0 Å². The first-order valence-corrected chi connectivity index (χ1v) is 6.19. The van der Waals surface area contributed by atoms with Gasteiger partial charge in [-0.1, -0.05) is 36.4 Å². The first kappa shape index (κ1) is 14.0. The summed E-state index contributed by atoms with van der Waals surface area (Å²) in [7, 11) is 0. The third-order valence-corrected chi connectivity index (χ3v) is 3.03. The number of nitrogens with zero attached hydrogens (tertiary/aromatic N) is 1. The highest BCUT2D eigenvalue weighted by molar-refractivity contribution is 5.84. The predicted molar refractivity (Wildman–Crippen MR) is 77.3 cm³/mol. The topological polar surface area (TPSA) is 70.4 Å². The summed E-state index contributed by atoms with van der Waals surface area (Å²) in [6, 6.07) is 9.62. The number of hydrogen-bond acceptors (Lipinski definition) is 4. The van der Waals surface area contributed by atoms with Gasteiger partial charge in [0.2, 0.25) is 0 Å². The van der Waals surface area contributed by atoms with Gasteiger partial charge in [0.05, 0.1) is 23.6 Å². The number of aryl methyl sites for hydroxylation is 1. The molecule has 1 aromatic heterocycles. The summed E-state index contributed by atoms with van der Waals surface area (Å²) in [5.74, 6) is -0.180. The van der Waals surface area contributed by atoms with Crippen molar-refractivity contribution in [2.24, 2.45) is 0 Å². The van der Waals surface area contributed by atoms with E-state index in [1.807, 2.05) is 36.4 Å². The lowest BCUT2D eigenvalue weighted by Crippen LogP contribution is -2.02. The molecule has 102 valence electrons. The Labute approximate surface area is 117 Å². The van der Waals surface area contributed by atoms with Gasteiger partial charge in [-0.25, -0.2) is 4.98 Å². The van der Waals surface area contributed by atoms with Gasteiger partial charge in [-0.3, -0.25) is 4.79 Å². The number of carbonyl (C=O) groups excluding carboxylic acids is 1. The van der Waals surface area contributed by atoms with E-state index in [0.717, 1.165) is 5.56 Å². The van der Waals surface area contributed by atoms with Crippen molar-refractivity contribution in [2.45, 2.75) is 13.5 Å². The lowest BCUT2D eigenvalue weighted by molar-refractivity contribution is 0.111. The number of aromatic hydroxyl groups is 1. The van der Waals surface area contributed by atoms with Crippen LogP contribution in [0.1, 0.15) is 32.9 Å². The molecule has 0 aliphatic heterocycles. The fourth-order valence-electron chi connectivity index (χ4n) is 1.95. The molecule has 4 heteroatoms. The Morgan fingerprint density at radius 2 is 1.90 bits per heavy atom. The SMILES string of the molecule is Cc1nc(/C=C/c2ccccc2)c(CO)c(C=O)c1O. The highest BCUT2D eigenvalue weighted by Crippen LogP contribution is 2.26. The Kier molecular flexibility index (Phi) is 4.27. The number of rotatable bonds is 4. The normalized spacial score (nSPS) is 10.9. The zero-order valence-electron chi connectivity index (χ0n) is 11.1. The van der Waals surface area contributed by atoms with Gasteiger partial charge in [0.1, 0.15) is 5.75 Å². The van der Waals surface area contributed by atoms with Crippen molar-refractivity contribution in [3.8, 4) is 5.75 Å². The lowest BCUT2D eigenvalue weighted by Gasteiger charge is -2.10. The van der Waals surface area contributed by atoms with Gasteiger partial charge in [-0.05, 0) is 18.6 Å². The number of aldehydes is 1. The monoisotopic (exact) mass is 269 g/mol.